The summed E-state index contributed by atoms with van der Waals surface area (Å²) in [5, 5.41) is 0. The molecule has 2 aromatic rings. The molecule has 2 aromatic carbocycles. The van der Waals surface area contributed by atoms with E-state index in [0.717, 1.165) is 23.1 Å². The number of benzene rings is 2. The van der Waals surface area contributed by atoms with E-state index < -0.39 is 10.0 Å². The number of aryl methyl sites for hydroxylation is 3. The molecule has 3 N–H and O–H groups in total. The van der Waals surface area contributed by atoms with Gasteiger partial charge in [0.2, 0.25) is 0 Å². The molecule has 4 nitrogen and oxygen atoms in total. The largest absolute Gasteiger partial charge is 0.398 e. The number of nitrogens with two attached hydrogens (primary N) is 1. The maximum atomic E-state index is 12.4. The third kappa shape index (κ3) is 3.36. The summed E-state index contributed by atoms with van der Waals surface area (Å²) in [6.45, 7) is 5.91. The second-order valence-corrected chi connectivity index (χ2v) is 6.80. The van der Waals surface area contributed by atoms with Gasteiger partial charge in [-0.1, -0.05) is 19.1 Å². The van der Waals surface area contributed by atoms with Crippen LogP contribution in [0.2, 0.25) is 0 Å². The van der Waals surface area contributed by atoms with Gasteiger partial charge in [0, 0.05) is 11.4 Å². The van der Waals surface area contributed by atoms with Crippen molar-refractivity contribution in [1.29, 1.82) is 0 Å². The van der Waals surface area contributed by atoms with Gasteiger partial charge in [-0.25, -0.2) is 8.42 Å². The second kappa shape index (κ2) is 5.77. The summed E-state index contributed by atoms with van der Waals surface area (Å²) in [5.74, 6) is 0. The molecule has 0 aromatic heterocycles. The zero-order valence-corrected chi connectivity index (χ0v) is 13.3. The topological polar surface area (TPSA) is 72.2 Å². The number of rotatable bonds is 4. The van der Waals surface area contributed by atoms with Crippen molar-refractivity contribution in [2.45, 2.75) is 32.1 Å². The highest BCUT2D eigenvalue weighted by atomic mass is 32.2. The van der Waals surface area contributed by atoms with Gasteiger partial charge in [0.05, 0.1) is 4.90 Å². The van der Waals surface area contributed by atoms with Crippen LogP contribution in [-0.2, 0) is 16.4 Å². The predicted molar refractivity (Wildman–Crippen MR) is 87.0 cm³/mol. The lowest BCUT2D eigenvalue weighted by Crippen LogP contribution is -2.13. The van der Waals surface area contributed by atoms with Crippen LogP contribution in [-0.4, -0.2) is 8.42 Å². The van der Waals surface area contributed by atoms with Gasteiger partial charge in [-0.3, -0.25) is 4.72 Å². The minimum absolute atomic E-state index is 0.176. The standard InChI is InChI=1S/C16H20N2O2S/c1-4-13-6-8-15(10-16(13)17)21(19,20)18-14-7-5-11(2)12(3)9-14/h5-10,18H,4,17H2,1-3H3. The molecule has 5 heteroatoms. The van der Waals surface area contributed by atoms with Gasteiger partial charge >= 0.3 is 0 Å². The highest BCUT2D eigenvalue weighted by Crippen LogP contribution is 2.22. The van der Waals surface area contributed by atoms with E-state index in [1.807, 2.05) is 32.9 Å². The first kappa shape index (κ1) is 15.4. The van der Waals surface area contributed by atoms with Crippen LogP contribution in [0.1, 0.15) is 23.6 Å². The average molecular weight is 304 g/mol. The van der Waals surface area contributed by atoms with E-state index in [1.165, 1.54) is 6.07 Å². The molecule has 0 unspecified atom stereocenters. The molecular formula is C16H20N2O2S. The molecule has 0 bridgehead atoms. The molecule has 0 amide bonds. The van der Waals surface area contributed by atoms with Crippen LogP contribution in [0.25, 0.3) is 0 Å². The Labute approximate surface area is 126 Å². The number of nitrogen functional groups attached to an aromatic ring is 1. The fraction of sp³-hybridized carbons (Fsp3) is 0.250. The summed E-state index contributed by atoms with van der Waals surface area (Å²) >= 11 is 0. The predicted octanol–water partition coefficient (Wildman–Crippen LogP) is 3.25. The van der Waals surface area contributed by atoms with E-state index in [1.54, 1.807) is 18.2 Å². The Morgan fingerprint density at radius 3 is 2.33 bits per heavy atom. The molecule has 0 radical (unpaired) electrons. The maximum absolute atomic E-state index is 12.4. The molecule has 0 fully saturated rings. The van der Waals surface area contributed by atoms with E-state index in [9.17, 15) is 8.42 Å². The van der Waals surface area contributed by atoms with E-state index in [0.29, 0.717) is 11.4 Å². The lowest BCUT2D eigenvalue weighted by Gasteiger charge is -2.11. The molecule has 0 aliphatic heterocycles. The Hall–Kier alpha value is -2.01. The first-order valence-corrected chi connectivity index (χ1v) is 8.30. The first-order valence-electron chi connectivity index (χ1n) is 6.82. The lowest BCUT2D eigenvalue weighted by molar-refractivity contribution is 0.601. The Morgan fingerprint density at radius 2 is 1.76 bits per heavy atom. The fourth-order valence-corrected chi connectivity index (χ4v) is 3.17. The van der Waals surface area contributed by atoms with Crippen molar-refractivity contribution in [3.05, 3.63) is 53.1 Å². The molecule has 0 saturated heterocycles. The van der Waals surface area contributed by atoms with Gasteiger partial charge in [0.1, 0.15) is 0 Å². The molecule has 112 valence electrons. The summed E-state index contributed by atoms with van der Waals surface area (Å²) in [4.78, 5) is 0.176. The minimum Gasteiger partial charge on any atom is -0.398 e. The highest BCUT2D eigenvalue weighted by Gasteiger charge is 2.15. The number of hydrogen-bond donors (Lipinski definition) is 2. The Bertz CT molecular complexity index is 768. The van der Waals surface area contributed by atoms with Crippen LogP contribution in [0.3, 0.4) is 0 Å². The van der Waals surface area contributed by atoms with Crippen LogP contribution in [0.15, 0.2) is 41.3 Å². The molecule has 0 saturated carbocycles. The van der Waals surface area contributed by atoms with E-state index in [2.05, 4.69) is 4.72 Å². The summed E-state index contributed by atoms with van der Waals surface area (Å²) in [5.41, 5.74) is 10.0. The van der Waals surface area contributed by atoms with Crippen LogP contribution < -0.4 is 10.5 Å². The summed E-state index contributed by atoms with van der Waals surface area (Å²) in [6.07, 6.45) is 0.775. The monoisotopic (exact) mass is 304 g/mol. The van der Waals surface area contributed by atoms with Crippen molar-refractivity contribution in [1.82, 2.24) is 0 Å². The quantitative estimate of drug-likeness (QED) is 0.852. The van der Waals surface area contributed by atoms with E-state index in [-0.39, 0.29) is 4.90 Å². The summed E-state index contributed by atoms with van der Waals surface area (Å²) < 4.78 is 27.3. The molecular weight excluding hydrogens is 284 g/mol. The van der Waals surface area contributed by atoms with Crippen molar-refractivity contribution >= 4 is 21.4 Å². The molecule has 21 heavy (non-hydrogen) atoms. The lowest BCUT2D eigenvalue weighted by atomic mass is 10.1. The normalized spacial score (nSPS) is 11.4. The minimum atomic E-state index is -3.62. The van der Waals surface area contributed by atoms with Gasteiger partial charge in [-0.2, -0.15) is 0 Å². The second-order valence-electron chi connectivity index (χ2n) is 5.12. The summed E-state index contributed by atoms with van der Waals surface area (Å²) in [7, 11) is -3.62. The smallest absolute Gasteiger partial charge is 0.261 e. The number of anilines is 2. The molecule has 0 spiro atoms. The van der Waals surface area contributed by atoms with Crippen LogP contribution >= 0.6 is 0 Å². The van der Waals surface area contributed by atoms with Crippen molar-refractivity contribution < 1.29 is 8.42 Å². The average Bonchev–Trinajstić information content (AvgIpc) is 2.42. The van der Waals surface area contributed by atoms with Gasteiger partial charge in [0.15, 0.2) is 0 Å². The Balaban J connectivity index is 2.33. The third-order valence-electron chi connectivity index (χ3n) is 3.57. The maximum Gasteiger partial charge on any atom is 0.261 e. The van der Waals surface area contributed by atoms with Gasteiger partial charge in [-0.15, -0.1) is 0 Å². The third-order valence-corrected chi connectivity index (χ3v) is 4.95. The Morgan fingerprint density at radius 1 is 1.05 bits per heavy atom. The van der Waals surface area contributed by atoms with Crippen LogP contribution in [0.5, 0.6) is 0 Å². The highest BCUT2D eigenvalue weighted by molar-refractivity contribution is 7.92. The van der Waals surface area contributed by atoms with Gasteiger partial charge in [-0.05, 0) is 61.2 Å². The van der Waals surface area contributed by atoms with Gasteiger partial charge in [0.25, 0.3) is 10.0 Å². The van der Waals surface area contributed by atoms with Crippen LogP contribution in [0, 0.1) is 13.8 Å². The first-order chi connectivity index (χ1) is 9.83. The van der Waals surface area contributed by atoms with Crippen LogP contribution in [0.4, 0.5) is 11.4 Å². The zero-order valence-electron chi connectivity index (χ0n) is 12.5. The van der Waals surface area contributed by atoms with Gasteiger partial charge < -0.3 is 5.73 Å². The zero-order chi connectivity index (χ0) is 15.6. The Kier molecular flexibility index (Phi) is 4.23. The van der Waals surface area contributed by atoms with Crippen molar-refractivity contribution in [3.8, 4) is 0 Å². The number of hydrogen-bond acceptors (Lipinski definition) is 3. The molecule has 0 heterocycles. The molecule has 2 rings (SSSR count). The van der Waals surface area contributed by atoms with E-state index in [4.69, 9.17) is 5.73 Å². The van der Waals surface area contributed by atoms with Crippen molar-refractivity contribution in [2.24, 2.45) is 0 Å². The molecule has 0 aliphatic carbocycles. The van der Waals surface area contributed by atoms with Crippen molar-refractivity contribution in [3.63, 3.8) is 0 Å². The summed E-state index contributed by atoms with van der Waals surface area (Å²) in [6, 6.07) is 10.3. The molecule has 0 aliphatic rings. The van der Waals surface area contributed by atoms with Crippen molar-refractivity contribution in [2.75, 3.05) is 10.5 Å². The number of sulfonamides is 1. The van der Waals surface area contributed by atoms with E-state index >= 15 is 0 Å². The number of nitrogens with one attached hydrogen (secondary N) is 1. The molecule has 0 atom stereocenters. The fourth-order valence-electron chi connectivity index (χ4n) is 2.08. The SMILES string of the molecule is CCc1ccc(S(=O)(=O)Nc2ccc(C)c(C)c2)cc1N.